The van der Waals surface area contributed by atoms with Gasteiger partial charge in [-0.2, -0.15) is 0 Å². The van der Waals surface area contributed by atoms with Crippen molar-refractivity contribution in [3.05, 3.63) is 18.0 Å². The van der Waals surface area contributed by atoms with Crippen LogP contribution in [0.4, 0.5) is 0 Å². The van der Waals surface area contributed by atoms with Crippen molar-refractivity contribution in [3.63, 3.8) is 0 Å². The van der Waals surface area contributed by atoms with Crippen molar-refractivity contribution in [1.29, 1.82) is 0 Å². The Morgan fingerprint density at radius 2 is 2.09 bits per heavy atom. The van der Waals surface area contributed by atoms with Gasteiger partial charge in [0.2, 0.25) is 5.91 Å². The number of nitrogens with zero attached hydrogens (tertiary/aromatic N) is 4. The summed E-state index contributed by atoms with van der Waals surface area (Å²) in [5.41, 5.74) is 0.532. The minimum absolute atomic E-state index is 0.206. The largest absolute Gasteiger partial charge is 0.364 e. The highest BCUT2D eigenvalue weighted by atomic mass is 16.5. The van der Waals surface area contributed by atoms with Gasteiger partial charge in [-0.3, -0.25) is 9.79 Å². The van der Waals surface area contributed by atoms with Crippen LogP contribution in [0.2, 0.25) is 0 Å². The van der Waals surface area contributed by atoms with E-state index in [2.05, 4.69) is 15.5 Å². The lowest BCUT2D eigenvalue weighted by molar-refractivity contribution is -0.138. The Bertz CT molecular complexity index is 533. The van der Waals surface area contributed by atoms with Crippen LogP contribution in [0.25, 0.3) is 0 Å². The summed E-state index contributed by atoms with van der Waals surface area (Å²) < 4.78 is 4.86. The van der Waals surface area contributed by atoms with Crippen LogP contribution in [0.1, 0.15) is 31.4 Å². The molecule has 0 unspecified atom stereocenters. The summed E-state index contributed by atoms with van der Waals surface area (Å²) in [5.74, 6) is 0.961. The van der Waals surface area contributed by atoms with Gasteiger partial charge in [0.1, 0.15) is 12.0 Å². The first-order chi connectivity index (χ1) is 11.0. The van der Waals surface area contributed by atoms with E-state index in [1.807, 2.05) is 32.1 Å². The van der Waals surface area contributed by atoms with E-state index in [0.717, 1.165) is 37.3 Å². The van der Waals surface area contributed by atoms with Crippen molar-refractivity contribution in [3.8, 4) is 0 Å². The number of nitrogens with one attached hydrogen (secondary N) is 1. The Morgan fingerprint density at radius 3 is 2.61 bits per heavy atom. The van der Waals surface area contributed by atoms with Crippen LogP contribution < -0.4 is 5.32 Å². The Hall–Kier alpha value is -2.05. The zero-order valence-electron chi connectivity index (χ0n) is 14.5. The molecule has 23 heavy (non-hydrogen) atoms. The highest BCUT2D eigenvalue weighted by Crippen LogP contribution is 2.38. The van der Waals surface area contributed by atoms with Crippen LogP contribution in [0.3, 0.4) is 0 Å². The molecule has 2 rings (SSSR count). The topological polar surface area (TPSA) is 74.0 Å². The van der Waals surface area contributed by atoms with E-state index in [-0.39, 0.29) is 11.3 Å². The molecule has 1 amide bonds. The summed E-state index contributed by atoms with van der Waals surface area (Å²) in [6.07, 6.45) is 5.63. The molecule has 0 aliphatic heterocycles. The number of amides is 1. The zero-order chi connectivity index (χ0) is 16.9. The lowest BCUT2D eigenvalue weighted by Crippen LogP contribution is -2.49. The van der Waals surface area contributed by atoms with Crippen molar-refractivity contribution in [1.82, 2.24) is 20.3 Å². The standard InChI is InChI=1S/C16H27N5O2/c1-17-15(21(4)11-13-7-10-23-19-13)18-12-16(8-5-6-9-16)14(22)20(2)3/h7,10H,5-6,8-9,11-12H2,1-4H3,(H,17,18). The molecule has 0 bridgehead atoms. The number of aromatic nitrogens is 1. The van der Waals surface area contributed by atoms with Gasteiger partial charge in [0.05, 0.1) is 12.0 Å². The minimum atomic E-state index is -0.311. The first kappa shape index (κ1) is 17.3. The maximum Gasteiger partial charge on any atom is 0.230 e. The van der Waals surface area contributed by atoms with Crippen LogP contribution in [0, 0.1) is 5.41 Å². The van der Waals surface area contributed by atoms with Crippen molar-refractivity contribution in [2.75, 3.05) is 34.7 Å². The second-order valence-corrected chi connectivity index (χ2v) is 6.43. The SMILES string of the molecule is CN=C(NCC1(C(=O)N(C)C)CCCC1)N(C)Cc1ccon1. The Kier molecular flexibility index (Phi) is 5.63. The summed E-state index contributed by atoms with van der Waals surface area (Å²) in [6, 6.07) is 1.83. The molecule has 7 heteroatoms. The van der Waals surface area contributed by atoms with Crippen molar-refractivity contribution >= 4 is 11.9 Å². The van der Waals surface area contributed by atoms with E-state index in [0.29, 0.717) is 13.1 Å². The van der Waals surface area contributed by atoms with Gasteiger partial charge in [-0.05, 0) is 12.8 Å². The van der Waals surface area contributed by atoms with Crippen molar-refractivity contribution in [2.45, 2.75) is 32.2 Å². The molecule has 0 radical (unpaired) electrons. The zero-order valence-corrected chi connectivity index (χ0v) is 14.5. The maximum absolute atomic E-state index is 12.6. The average molecular weight is 321 g/mol. The lowest BCUT2D eigenvalue weighted by atomic mass is 9.84. The van der Waals surface area contributed by atoms with Gasteiger partial charge in [-0.25, -0.2) is 0 Å². The Labute approximate surface area is 137 Å². The summed E-state index contributed by atoms with van der Waals surface area (Å²) in [4.78, 5) is 20.6. The van der Waals surface area contributed by atoms with Gasteiger partial charge in [0, 0.05) is 40.8 Å². The second kappa shape index (κ2) is 7.48. The number of aliphatic imine (C=N–C) groups is 1. The number of hydrogen-bond acceptors (Lipinski definition) is 4. The molecule has 0 aromatic carbocycles. The molecule has 0 saturated heterocycles. The molecular formula is C16H27N5O2. The van der Waals surface area contributed by atoms with Gasteiger partial charge < -0.3 is 19.6 Å². The molecule has 1 heterocycles. The van der Waals surface area contributed by atoms with Crippen LogP contribution in [0.5, 0.6) is 0 Å². The van der Waals surface area contributed by atoms with Gasteiger partial charge >= 0.3 is 0 Å². The predicted octanol–water partition coefficient (Wildman–Crippen LogP) is 1.33. The molecule has 1 saturated carbocycles. The van der Waals surface area contributed by atoms with Crippen LogP contribution in [-0.2, 0) is 11.3 Å². The third kappa shape index (κ3) is 4.03. The van der Waals surface area contributed by atoms with E-state index in [1.165, 1.54) is 0 Å². The first-order valence-corrected chi connectivity index (χ1v) is 8.01. The number of carbonyl (C=O) groups is 1. The lowest BCUT2D eigenvalue weighted by Gasteiger charge is -2.32. The van der Waals surface area contributed by atoms with Crippen LogP contribution in [0.15, 0.2) is 21.8 Å². The highest BCUT2D eigenvalue weighted by Gasteiger charge is 2.42. The normalized spacial score (nSPS) is 17.1. The summed E-state index contributed by atoms with van der Waals surface area (Å²) >= 11 is 0. The molecule has 128 valence electrons. The quantitative estimate of drug-likeness (QED) is 0.654. The molecule has 0 atom stereocenters. The van der Waals surface area contributed by atoms with Crippen molar-refractivity contribution in [2.24, 2.45) is 10.4 Å². The van der Waals surface area contributed by atoms with E-state index in [4.69, 9.17) is 4.52 Å². The molecule has 0 spiro atoms. The summed E-state index contributed by atoms with van der Waals surface area (Å²) in [6.45, 7) is 1.21. The second-order valence-electron chi connectivity index (χ2n) is 6.43. The fourth-order valence-electron chi connectivity index (χ4n) is 3.26. The summed E-state index contributed by atoms with van der Waals surface area (Å²) in [7, 11) is 7.34. The predicted molar refractivity (Wildman–Crippen MR) is 88.9 cm³/mol. The van der Waals surface area contributed by atoms with E-state index in [9.17, 15) is 4.79 Å². The molecular weight excluding hydrogens is 294 g/mol. The number of rotatable bonds is 5. The number of hydrogen-bond donors (Lipinski definition) is 1. The molecule has 1 aliphatic rings. The van der Waals surface area contributed by atoms with Gasteiger partial charge in [0.25, 0.3) is 0 Å². The number of carbonyl (C=O) groups excluding carboxylic acids is 1. The monoisotopic (exact) mass is 321 g/mol. The minimum Gasteiger partial charge on any atom is -0.364 e. The maximum atomic E-state index is 12.6. The molecule has 7 nitrogen and oxygen atoms in total. The van der Waals surface area contributed by atoms with Gasteiger partial charge in [0.15, 0.2) is 5.96 Å². The molecule has 1 aliphatic carbocycles. The molecule has 1 fully saturated rings. The fourth-order valence-corrected chi connectivity index (χ4v) is 3.26. The third-order valence-electron chi connectivity index (χ3n) is 4.47. The van der Waals surface area contributed by atoms with Gasteiger partial charge in [-0.1, -0.05) is 18.0 Å². The van der Waals surface area contributed by atoms with Gasteiger partial charge in [-0.15, -0.1) is 0 Å². The molecule has 1 N–H and O–H groups in total. The van der Waals surface area contributed by atoms with Crippen LogP contribution >= 0.6 is 0 Å². The molecule has 1 aromatic rings. The number of guanidine groups is 1. The Morgan fingerprint density at radius 1 is 1.39 bits per heavy atom. The smallest absolute Gasteiger partial charge is 0.230 e. The Balaban J connectivity index is 1.99. The van der Waals surface area contributed by atoms with E-state index < -0.39 is 0 Å². The fraction of sp³-hybridized carbons (Fsp3) is 0.688. The highest BCUT2D eigenvalue weighted by molar-refractivity contribution is 5.85. The van der Waals surface area contributed by atoms with Crippen molar-refractivity contribution < 1.29 is 9.32 Å². The van der Waals surface area contributed by atoms with E-state index >= 15 is 0 Å². The first-order valence-electron chi connectivity index (χ1n) is 8.01. The van der Waals surface area contributed by atoms with E-state index in [1.54, 1.807) is 18.2 Å². The third-order valence-corrected chi connectivity index (χ3v) is 4.47. The average Bonchev–Trinajstić information content (AvgIpc) is 3.19. The summed E-state index contributed by atoms with van der Waals surface area (Å²) in [5, 5.41) is 7.29. The molecule has 1 aromatic heterocycles. The van der Waals surface area contributed by atoms with Crippen LogP contribution in [-0.4, -0.2) is 61.6 Å².